The van der Waals surface area contributed by atoms with Crippen LogP contribution in [0.1, 0.15) is 6.92 Å². The van der Waals surface area contributed by atoms with E-state index in [9.17, 15) is 4.79 Å². The molecule has 0 radical (unpaired) electrons. The Labute approximate surface area is 72.6 Å². The van der Waals surface area contributed by atoms with Crippen LogP contribution in [0.2, 0.25) is 0 Å². The molecule has 0 rings (SSSR count). The van der Waals surface area contributed by atoms with E-state index in [1.54, 1.807) is 0 Å². The molecule has 2 nitrogen and oxygen atoms in total. The van der Waals surface area contributed by atoms with Crippen molar-refractivity contribution in [3.8, 4) is 0 Å². The maximum Gasteiger partial charge on any atom is 0.223 e. The predicted molar refractivity (Wildman–Crippen MR) is 49.9 cm³/mol. The molecule has 1 N–H and O–H groups in total. The molecule has 0 aliphatic rings. The number of thiol groups is 2. The first-order valence-corrected chi connectivity index (χ1v) is 4.48. The van der Waals surface area contributed by atoms with E-state index in [4.69, 9.17) is 0 Å². The van der Waals surface area contributed by atoms with E-state index in [-0.39, 0.29) is 11.8 Å². The summed E-state index contributed by atoms with van der Waals surface area (Å²) in [5.41, 5.74) is 0. The highest BCUT2D eigenvalue weighted by molar-refractivity contribution is 7.80. The van der Waals surface area contributed by atoms with E-state index >= 15 is 0 Å². The van der Waals surface area contributed by atoms with E-state index in [2.05, 4.69) is 30.6 Å². The molecule has 0 saturated heterocycles. The second-order valence-corrected chi connectivity index (χ2v) is 2.91. The van der Waals surface area contributed by atoms with Crippen molar-refractivity contribution in [3.63, 3.8) is 0 Å². The smallest absolute Gasteiger partial charge is 0.223 e. The van der Waals surface area contributed by atoms with E-state index in [1.807, 2.05) is 6.92 Å². The molecule has 0 aliphatic heterocycles. The van der Waals surface area contributed by atoms with E-state index < -0.39 is 0 Å². The molecule has 0 heterocycles. The monoisotopic (exact) mass is 179 g/mol. The first-order chi connectivity index (χ1) is 4.72. The Kier molecular flexibility index (Phi) is 6.02. The van der Waals surface area contributed by atoms with Gasteiger partial charge in [0, 0.05) is 24.0 Å². The molecule has 1 amide bonds. The van der Waals surface area contributed by atoms with Crippen LogP contribution in [0.4, 0.5) is 0 Å². The van der Waals surface area contributed by atoms with Gasteiger partial charge in [0.25, 0.3) is 0 Å². The third-order valence-corrected chi connectivity index (χ3v) is 1.90. The number of amides is 1. The summed E-state index contributed by atoms with van der Waals surface area (Å²) in [4.78, 5) is 10.9. The molecule has 0 aromatic heterocycles. The zero-order valence-corrected chi connectivity index (χ0v) is 7.79. The highest BCUT2D eigenvalue weighted by Gasteiger charge is 2.08. The van der Waals surface area contributed by atoms with Crippen molar-refractivity contribution in [3.05, 3.63) is 0 Å². The van der Waals surface area contributed by atoms with Crippen molar-refractivity contribution >= 4 is 31.2 Å². The number of carbonyl (C=O) groups excluding carboxylic acids is 1. The lowest BCUT2D eigenvalue weighted by molar-refractivity contribution is -0.123. The van der Waals surface area contributed by atoms with Crippen molar-refractivity contribution in [2.24, 2.45) is 5.92 Å². The van der Waals surface area contributed by atoms with Crippen molar-refractivity contribution in [1.29, 1.82) is 0 Å². The molecular weight excluding hydrogens is 166 g/mol. The van der Waals surface area contributed by atoms with Gasteiger partial charge in [-0.05, 0) is 0 Å². The SMILES string of the molecule is CC(CS)C(=O)NCCS. The molecule has 0 saturated carbocycles. The van der Waals surface area contributed by atoms with Gasteiger partial charge in [-0.3, -0.25) is 4.79 Å². The van der Waals surface area contributed by atoms with Gasteiger partial charge in [0.2, 0.25) is 5.91 Å². The van der Waals surface area contributed by atoms with Crippen LogP contribution < -0.4 is 5.32 Å². The quantitative estimate of drug-likeness (QED) is 0.542. The molecule has 60 valence electrons. The zero-order chi connectivity index (χ0) is 7.98. The molecule has 0 fully saturated rings. The van der Waals surface area contributed by atoms with E-state index in [0.717, 1.165) is 0 Å². The third-order valence-electron chi connectivity index (χ3n) is 1.13. The summed E-state index contributed by atoms with van der Waals surface area (Å²) < 4.78 is 0. The largest absolute Gasteiger partial charge is 0.355 e. The summed E-state index contributed by atoms with van der Waals surface area (Å²) in [6.07, 6.45) is 0. The van der Waals surface area contributed by atoms with Gasteiger partial charge in [0.1, 0.15) is 0 Å². The van der Waals surface area contributed by atoms with Gasteiger partial charge in [-0.2, -0.15) is 25.3 Å². The summed E-state index contributed by atoms with van der Waals surface area (Å²) in [6, 6.07) is 0. The lowest BCUT2D eigenvalue weighted by Gasteiger charge is -2.07. The predicted octanol–water partition coefficient (Wildman–Crippen LogP) is 0.598. The molecule has 0 aliphatic carbocycles. The molecule has 0 aromatic rings. The van der Waals surface area contributed by atoms with Gasteiger partial charge in [-0.25, -0.2) is 0 Å². The maximum absolute atomic E-state index is 10.9. The van der Waals surface area contributed by atoms with Gasteiger partial charge in [-0.15, -0.1) is 0 Å². The molecule has 0 aromatic carbocycles. The lowest BCUT2D eigenvalue weighted by atomic mass is 10.2. The summed E-state index contributed by atoms with van der Waals surface area (Å²) >= 11 is 7.96. The molecule has 0 spiro atoms. The zero-order valence-electron chi connectivity index (χ0n) is 6.00. The lowest BCUT2D eigenvalue weighted by Crippen LogP contribution is -2.31. The number of hydrogen-bond donors (Lipinski definition) is 3. The highest BCUT2D eigenvalue weighted by atomic mass is 32.1. The fourth-order valence-electron chi connectivity index (χ4n) is 0.436. The van der Waals surface area contributed by atoms with Crippen LogP contribution in [-0.4, -0.2) is 24.0 Å². The van der Waals surface area contributed by atoms with Gasteiger partial charge in [0.05, 0.1) is 0 Å². The first-order valence-electron chi connectivity index (χ1n) is 3.21. The first kappa shape index (κ1) is 10.2. The molecule has 0 bridgehead atoms. The fourth-order valence-corrected chi connectivity index (χ4v) is 0.714. The minimum absolute atomic E-state index is 0.00298. The van der Waals surface area contributed by atoms with Crippen LogP contribution in [0.25, 0.3) is 0 Å². The van der Waals surface area contributed by atoms with E-state index in [0.29, 0.717) is 18.1 Å². The Morgan fingerprint density at radius 1 is 1.60 bits per heavy atom. The highest BCUT2D eigenvalue weighted by Crippen LogP contribution is 1.95. The number of carbonyl (C=O) groups is 1. The topological polar surface area (TPSA) is 29.1 Å². The summed E-state index contributed by atoms with van der Waals surface area (Å²) in [6.45, 7) is 2.49. The number of nitrogens with one attached hydrogen (secondary N) is 1. The van der Waals surface area contributed by atoms with Crippen molar-refractivity contribution < 1.29 is 4.79 Å². The van der Waals surface area contributed by atoms with Gasteiger partial charge in [0.15, 0.2) is 0 Å². The molecule has 4 heteroatoms. The second kappa shape index (κ2) is 5.92. The van der Waals surface area contributed by atoms with Crippen molar-refractivity contribution in [2.75, 3.05) is 18.1 Å². The fraction of sp³-hybridized carbons (Fsp3) is 0.833. The van der Waals surface area contributed by atoms with E-state index in [1.165, 1.54) is 0 Å². The summed E-state index contributed by atoms with van der Waals surface area (Å²) in [7, 11) is 0. The average Bonchev–Trinajstić information content (AvgIpc) is 1.98. The van der Waals surface area contributed by atoms with Crippen LogP contribution in [-0.2, 0) is 4.79 Å². The van der Waals surface area contributed by atoms with Crippen LogP contribution in [0.3, 0.4) is 0 Å². The minimum Gasteiger partial charge on any atom is -0.355 e. The van der Waals surface area contributed by atoms with Gasteiger partial charge < -0.3 is 5.32 Å². The molecule has 10 heavy (non-hydrogen) atoms. The minimum atomic E-state index is 0.00298. The standard InChI is InChI=1S/C6H13NOS2/c1-5(4-10)6(8)7-2-3-9/h5,9-10H,2-4H2,1H3,(H,7,8). The Morgan fingerprint density at radius 2 is 2.20 bits per heavy atom. The maximum atomic E-state index is 10.9. The Bertz CT molecular complexity index is 108. The van der Waals surface area contributed by atoms with Crippen molar-refractivity contribution in [2.45, 2.75) is 6.92 Å². The Balaban J connectivity index is 3.42. The molecule has 1 unspecified atom stereocenters. The molecular formula is C6H13NOS2. The Hall–Kier alpha value is 0.170. The Morgan fingerprint density at radius 3 is 2.60 bits per heavy atom. The third kappa shape index (κ3) is 4.06. The van der Waals surface area contributed by atoms with Crippen LogP contribution in [0.5, 0.6) is 0 Å². The number of rotatable bonds is 4. The second-order valence-electron chi connectivity index (χ2n) is 2.10. The van der Waals surface area contributed by atoms with Crippen molar-refractivity contribution in [1.82, 2.24) is 5.32 Å². The summed E-state index contributed by atoms with van der Waals surface area (Å²) in [5.74, 6) is 1.34. The van der Waals surface area contributed by atoms with Crippen LogP contribution >= 0.6 is 25.3 Å². The molecule has 1 atom stereocenters. The van der Waals surface area contributed by atoms with Crippen LogP contribution in [0.15, 0.2) is 0 Å². The number of hydrogen-bond acceptors (Lipinski definition) is 3. The van der Waals surface area contributed by atoms with Gasteiger partial charge >= 0.3 is 0 Å². The van der Waals surface area contributed by atoms with Crippen LogP contribution in [0, 0.1) is 5.92 Å². The summed E-state index contributed by atoms with van der Waals surface area (Å²) in [5, 5.41) is 2.72. The van der Waals surface area contributed by atoms with Gasteiger partial charge in [-0.1, -0.05) is 6.92 Å². The average molecular weight is 179 g/mol. The normalized spacial score (nSPS) is 12.7.